The first-order valence-corrected chi connectivity index (χ1v) is 6.28. The van der Waals surface area contributed by atoms with Gasteiger partial charge in [0.15, 0.2) is 0 Å². The highest BCUT2D eigenvalue weighted by molar-refractivity contribution is 6.30. The van der Waals surface area contributed by atoms with Crippen LogP contribution >= 0.6 is 11.6 Å². The van der Waals surface area contributed by atoms with E-state index in [0.717, 1.165) is 29.6 Å². The number of aromatic nitrogens is 2. The molecular formula is C14H16ClN3. The van der Waals surface area contributed by atoms with Crippen LogP contribution in [0.3, 0.4) is 0 Å². The van der Waals surface area contributed by atoms with Crippen molar-refractivity contribution in [3.05, 3.63) is 52.8 Å². The van der Waals surface area contributed by atoms with Crippen molar-refractivity contribution < 1.29 is 0 Å². The Bertz CT molecular complexity index is 511. The lowest BCUT2D eigenvalue weighted by Crippen LogP contribution is -2.22. The van der Waals surface area contributed by atoms with Gasteiger partial charge in [-0.05, 0) is 37.1 Å². The van der Waals surface area contributed by atoms with Gasteiger partial charge in [0.1, 0.15) is 0 Å². The van der Waals surface area contributed by atoms with Gasteiger partial charge in [-0.3, -0.25) is 0 Å². The Hall–Kier alpha value is -1.61. The number of nitrogens with zero attached hydrogens (tertiary/aromatic N) is 3. The minimum absolute atomic E-state index is 0.768. The molecule has 0 aliphatic heterocycles. The second-order valence-electron chi connectivity index (χ2n) is 4.30. The number of likely N-dealkylation sites (N-methyl/N-ethyl adjacent to an activating group) is 1. The summed E-state index contributed by atoms with van der Waals surface area (Å²) in [4.78, 5) is 10.7. The normalized spacial score (nSPS) is 10.4. The van der Waals surface area contributed by atoms with Crippen molar-refractivity contribution >= 4 is 17.5 Å². The first-order valence-electron chi connectivity index (χ1n) is 5.90. The summed E-state index contributed by atoms with van der Waals surface area (Å²) >= 11 is 5.86. The van der Waals surface area contributed by atoms with Crippen molar-refractivity contribution in [1.29, 1.82) is 0 Å². The molecule has 0 saturated carbocycles. The van der Waals surface area contributed by atoms with Gasteiger partial charge in [-0.15, -0.1) is 0 Å². The third-order valence-corrected chi connectivity index (χ3v) is 3.02. The van der Waals surface area contributed by atoms with E-state index in [4.69, 9.17) is 11.6 Å². The maximum atomic E-state index is 5.86. The fourth-order valence-corrected chi connectivity index (χ4v) is 1.79. The molecule has 0 aliphatic rings. The van der Waals surface area contributed by atoms with Gasteiger partial charge < -0.3 is 4.90 Å². The predicted molar refractivity (Wildman–Crippen MR) is 75.2 cm³/mol. The minimum Gasteiger partial charge on any atom is -0.344 e. The Labute approximate surface area is 112 Å². The van der Waals surface area contributed by atoms with E-state index in [1.165, 1.54) is 5.56 Å². The molecule has 0 fully saturated rings. The molecule has 0 aliphatic carbocycles. The number of anilines is 1. The molecule has 0 unspecified atom stereocenters. The quantitative estimate of drug-likeness (QED) is 0.847. The van der Waals surface area contributed by atoms with Gasteiger partial charge in [-0.25, -0.2) is 9.97 Å². The van der Waals surface area contributed by atoms with E-state index >= 15 is 0 Å². The second kappa shape index (κ2) is 5.83. The van der Waals surface area contributed by atoms with Gasteiger partial charge in [-0.2, -0.15) is 0 Å². The SMILES string of the molecule is Cc1ccnc(N(C)CCc2ccc(Cl)cc2)n1. The van der Waals surface area contributed by atoms with Crippen LogP contribution in [0.1, 0.15) is 11.3 Å². The zero-order valence-electron chi connectivity index (χ0n) is 10.6. The topological polar surface area (TPSA) is 29.0 Å². The van der Waals surface area contributed by atoms with Crippen molar-refractivity contribution in [3.8, 4) is 0 Å². The van der Waals surface area contributed by atoms with Crippen LogP contribution < -0.4 is 4.90 Å². The third-order valence-electron chi connectivity index (χ3n) is 2.77. The Morgan fingerprint density at radius 2 is 1.89 bits per heavy atom. The van der Waals surface area contributed by atoms with Crippen LogP contribution in [0.4, 0.5) is 5.95 Å². The molecule has 1 aromatic carbocycles. The lowest BCUT2D eigenvalue weighted by molar-refractivity contribution is 0.833. The lowest BCUT2D eigenvalue weighted by Gasteiger charge is -2.17. The van der Waals surface area contributed by atoms with Crippen molar-refractivity contribution in [1.82, 2.24) is 9.97 Å². The molecule has 1 aromatic heterocycles. The van der Waals surface area contributed by atoms with E-state index in [1.54, 1.807) is 6.20 Å². The summed E-state index contributed by atoms with van der Waals surface area (Å²) in [7, 11) is 2.00. The van der Waals surface area contributed by atoms with Crippen molar-refractivity contribution in [3.63, 3.8) is 0 Å². The van der Waals surface area contributed by atoms with E-state index in [9.17, 15) is 0 Å². The van der Waals surface area contributed by atoms with E-state index in [-0.39, 0.29) is 0 Å². The van der Waals surface area contributed by atoms with Gasteiger partial charge in [0, 0.05) is 30.5 Å². The van der Waals surface area contributed by atoms with E-state index in [0.29, 0.717) is 0 Å². The van der Waals surface area contributed by atoms with Crippen LogP contribution in [0, 0.1) is 6.92 Å². The van der Waals surface area contributed by atoms with Crippen LogP contribution in [-0.4, -0.2) is 23.6 Å². The van der Waals surface area contributed by atoms with Crippen LogP contribution in [0.15, 0.2) is 36.5 Å². The summed E-state index contributed by atoms with van der Waals surface area (Å²) in [5, 5.41) is 0.772. The molecule has 0 saturated heterocycles. The van der Waals surface area contributed by atoms with Crippen molar-refractivity contribution in [2.24, 2.45) is 0 Å². The summed E-state index contributed by atoms with van der Waals surface area (Å²) in [6, 6.07) is 9.83. The Morgan fingerprint density at radius 3 is 2.56 bits per heavy atom. The lowest BCUT2D eigenvalue weighted by atomic mass is 10.1. The number of rotatable bonds is 4. The summed E-state index contributed by atoms with van der Waals surface area (Å²) < 4.78 is 0. The number of hydrogen-bond donors (Lipinski definition) is 0. The smallest absolute Gasteiger partial charge is 0.225 e. The predicted octanol–water partition coefficient (Wildman–Crippen LogP) is 3.12. The highest BCUT2D eigenvalue weighted by Gasteiger charge is 2.04. The van der Waals surface area contributed by atoms with Crippen molar-refractivity contribution in [2.75, 3.05) is 18.5 Å². The van der Waals surface area contributed by atoms with E-state index in [1.807, 2.05) is 44.3 Å². The molecule has 3 nitrogen and oxygen atoms in total. The number of hydrogen-bond acceptors (Lipinski definition) is 3. The average molecular weight is 262 g/mol. The Kier molecular flexibility index (Phi) is 4.15. The minimum atomic E-state index is 0.768. The zero-order valence-corrected chi connectivity index (χ0v) is 11.4. The first kappa shape index (κ1) is 12.8. The van der Waals surface area contributed by atoms with Gasteiger partial charge in [0.2, 0.25) is 5.95 Å². The molecule has 4 heteroatoms. The standard InChI is InChI=1S/C14H16ClN3/c1-11-7-9-16-14(17-11)18(2)10-8-12-3-5-13(15)6-4-12/h3-7,9H,8,10H2,1-2H3. The molecule has 0 bridgehead atoms. The second-order valence-corrected chi connectivity index (χ2v) is 4.73. The summed E-state index contributed by atoms with van der Waals surface area (Å²) in [5.41, 5.74) is 2.25. The third kappa shape index (κ3) is 3.44. The molecular weight excluding hydrogens is 246 g/mol. The van der Waals surface area contributed by atoms with Crippen LogP contribution in [0.5, 0.6) is 0 Å². The fourth-order valence-electron chi connectivity index (χ4n) is 1.67. The highest BCUT2D eigenvalue weighted by atomic mass is 35.5. The summed E-state index contributed by atoms with van der Waals surface area (Å²) in [6.07, 6.45) is 2.74. The molecule has 0 atom stereocenters. The van der Waals surface area contributed by atoms with Gasteiger partial charge in [-0.1, -0.05) is 23.7 Å². The maximum Gasteiger partial charge on any atom is 0.225 e. The van der Waals surface area contributed by atoms with Crippen LogP contribution in [-0.2, 0) is 6.42 Å². The summed E-state index contributed by atoms with van der Waals surface area (Å²) in [6.45, 7) is 2.85. The largest absolute Gasteiger partial charge is 0.344 e. The Balaban J connectivity index is 1.96. The maximum absolute atomic E-state index is 5.86. The van der Waals surface area contributed by atoms with Crippen LogP contribution in [0.25, 0.3) is 0 Å². The monoisotopic (exact) mass is 261 g/mol. The average Bonchev–Trinajstić information content (AvgIpc) is 2.38. The zero-order chi connectivity index (χ0) is 13.0. The molecule has 94 valence electrons. The summed E-state index contributed by atoms with van der Waals surface area (Å²) in [5.74, 6) is 0.768. The number of aryl methyl sites for hydroxylation is 1. The van der Waals surface area contributed by atoms with Gasteiger partial charge in [0.05, 0.1) is 0 Å². The van der Waals surface area contributed by atoms with E-state index < -0.39 is 0 Å². The molecule has 1 heterocycles. The Morgan fingerprint density at radius 1 is 1.17 bits per heavy atom. The molecule has 0 spiro atoms. The van der Waals surface area contributed by atoms with Gasteiger partial charge >= 0.3 is 0 Å². The first-order chi connectivity index (χ1) is 8.65. The molecule has 0 radical (unpaired) electrons. The highest BCUT2D eigenvalue weighted by Crippen LogP contribution is 2.11. The molecule has 0 N–H and O–H groups in total. The fraction of sp³-hybridized carbons (Fsp3) is 0.286. The van der Waals surface area contributed by atoms with E-state index in [2.05, 4.69) is 14.9 Å². The number of benzene rings is 1. The molecule has 2 rings (SSSR count). The number of halogens is 1. The van der Waals surface area contributed by atoms with Crippen molar-refractivity contribution in [2.45, 2.75) is 13.3 Å². The molecule has 2 aromatic rings. The molecule has 18 heavy (non-hydrogen) atoms. The molecule has 0 amide bonds. The van der Waals surface area contributed by atoms with Crippen LogP contribution in [0.2, 0.25) is 5.02 Å². The van der Waals surface area contributed by atoms with Gasteiger partial charge in [0.25, 0.3) is 0 Å².